The molecule has 1 heterocycles. The molecule has 0 saturated heterocycles. The summed E-state index contributed by atoms with van der Waals surface area (Å²) in [6, 6.07) is 7.40. The maximum atomic E-state index is 6.03. The minimum Gasteiger partial charge on any atom is -0.495 e. The second kappa shape index (κ2) is 6.41. The van der Waals surface area contributed by atoms with Crippen LogP contribution in [-0.4, -0.2) is 17.1 Å². The van der Waals surface area contributed by atoms with Crippen molar-refractivity contribution >= 4 is 39.0 Å². The Hall–Kier alpha value is -1.33. The summed E-state index contributed by atoms with van der Waals surface area (Å²) in [7, 11) is 1.63. The van der Waals surface area contributed by atoms with Crippen molar-refractivity contribution in [3.05, 3.63) is 39.7 Å². The van der Waals surface area contributed by atoms with Gasteiger partial charge in [0.15, 0.2) is 0 Å². The SMILES string of the molecule is COc1ccc(Br)cc1Nc1cc(Cl)nc(C(C)C)n1. The zero-order chi connectivity index (χ0) is 14.7. The Morgan fingerprint density at radius 3 is 2.65 bits per heavy atom. The van der Waals surface area contributed by atoms with E-state index in [4.69, 9.17) is 16.3 Å². The number of anilines is 2. The molecule has 0 amide bonds. The standard InChI is InChI=1S/C14H15BrClN3O/c1-8(2)14-18-12(16)7-13(19-14)17-10-6-9(15)4-5-11(10)20-3/h4-8H,1-3H3,(H,17,18,19). The summed E-state index contributed by atoms with van der Waals surface area (Å²) in [4.78, 5) is 8.66. The summed E-state index contributed by atoms with van der Waals surface area (Å²) in [6.07, 6.45) is 0. The Bertz CT molecular complexity index is 619. The van der Waals surface area contributed by atoms with Crippen molar-refractivity contribution in [3.8, 4) is 5.75 Å². The molecule has 6 heteroatoms. The zero-order valence-electron chi connectivity index (χ0n) is 11.4. The van der Waals surface area contributed by atoms with E-state index in [-0.39, 0.29) is 5.92 Å². The number of hydrogen-bond acceptors (Lipinski definition) is 4. The van der Waals surface area contributed by atoms with E-state index in [1.807, 2.05) is 32.0 Å². The van der Waals surface area contributed by atoms with E-state index in [0.29, 0.717) is 16.8 Å². The number of ether oxygens (including phenoxy) is 1. The van der Waals surface area contributed by atoms with Gasteiger partial charge in [-0.3, -0.25) is 0 Å². The number of halogens is 2. The molecule has 0 unspecified atom stereocenters. The minimum atomic E-state index is 0.207. The van der Waals surface area contributed by atoms with Crippen LogP contribution in [0.5, 0.6) is 5.75 Å². The quantitative estimate of drug-likeness (QED) is 0.802. The Morgan fingerprint density at radius 1 is 1.25 bits per heavy atom. The van der Waals surface area contributed by atoms with Crippen molar-refractivity contribution in [2.24, 2.45) is 0 Å². The van der Waals surface area contributed by atoms with E-state index in [1.165, 1.54) is 0 Å². The molecular weight excluding hydrogens is 342 g/mol. The van der Waals surface area contributed by atoms with Gasteiger partial charge >= 0.3 is 0 Å². The number of rotatable bonds is 4. The summed E-state index contributed by atoms with van der Waals surface area (Å²) >= 11 is 9.47. The molecule has 4 nitrogen and oxygen atoms in total. The van der Waals surface area contributed by atoms with Gasteiger partial charge in [-0.05, 0) is 18.2 Å². The molecule has 0 radical (unpaired) electrons. The fourth-order valence-electron chi connectivity index (χ4n) is 1.67. The van der Waals surface area contributed by atoms with Crippen LogP contribution in [0, 0.1) is 0 Å². The molecule has 20 heavy (non-hydrogen) atoms. The third kappa shape index (κ3) is 3.61. The summed E-state index contributed by atoms with van der Waals surface area (Å²) in [5, 5.41) is 3.63. The first-order valence-electron chi connectivity index (χ1n) is 6.14. The van der Waals surface area contributed by atoms with Crippen LogP contribution in [0.15, 0.2) is 28.7 Å². The Kier molecular flexibility index (Phi) is 4.83. The van der Waals surface area contributed by atoms with Gasteiger partial charge in [0.2, 0.25) is 0 Å². The van der Waals surface area contributed by atoms with Gasteiger partial charge in [-0.25, -0.2) is 9.97 Å². The molecule has 2 rings (SSSR count). The number of nitrogens with one attached hydrogen (secondary N) is 1. The Morgan fingerprint density at radius 2 is 2.00 bits per heavy atom. The van der Waals surface area contributed by atoms with Crippen molar-refractivity contribution in [2.45, 2.75) is 19.8 Å². The molecule has 1 aromatic carbocycles. The minimum absolute atomic E-state index is 0.207. The highest BCUT2D eigenvalue weighted by Gasteiger charge is 2.09. The Balaban J connectivity index is 2.37. The number of methoxy groups -OCH3 is 1. The maximum Gasteiger partial charge on any atom is 0.142 e. The highest BCUT2D eigenvalue weighted by molar-refractivity contribution is 9.10. The van der Waals surface area contributed by atoms with Gasteiger partial charge in [0.05, 0.1) is 12.8 Å². The molecule has 1 aromatic heterocycles. The van der Waals surface area contributed by atoms with E-state index in [1.54, 1.807) is 13.2 Å². The zero-order valence-corrected chi connectivity index (χ0v) is 13.8. The van der Waals surface area contributed by atoms with Crippen LogP contribution in [0.1, 0.15) is 25.6 Å². The predicted octanol–water partition coefficient (Wildman–Crippen LogP) is 4.77. The first-order chi connectivity index (χ1) is 9.49. The molecule has 106 valence electrons. The number of benzene rings is 1. The average Bonchev–Trinajstić information content (AvgIpc) is 2.38. The van der Waals surface area contributed by atoms with E-state index in [9.17, 15) is 0 Å². The molecule has 0 bridgehead atoms. The average molecular weight is 357 g/mol. The van der Waals surface area contributed by atoms with E-state index in [2.05, 4.69) is 31.2 Å². The van der Waals surface area contributed by atoms with Crippen molar-refractivity contribution in [2.75, 3.05) is 12.4 Å². The number of hydrogen-bond donors (Lipinski definition) is 1. The van der Waals surface area contributed by atoms with Crippen LogP contribution in [0.2, 0.25) is 5.15 Å². The monoisotopic (exact) mass is 355 g/mol. The molecular formula is C14H15BrClN3O. The number of nitrogens with zero attached hydrogens (tertiary/aromatic N) is 2. The molecule has 0 fully saturated rings. The van der Waals surface area contributed by atoms with Crippen LogP contribution in [0.25, 0.3) is 0 Å². The fourth-order valence-corrected chi connectivity index (χ4v) is 2.22. The van der Waals surface area contributed by atoms with Gasteiger partial charge in [0.25, 0.3) is 0 Å². The largest absolute Gasteiger partial charge is 0.495 e. The van der Waals surface area contributed by atoms with Gasteiger partial charge in [-0.1, -0.05) is 41.4 Å². The second-order valence-electron chi connectivity index (χ2n) is 4.56. The maximum absolute atomic E-state index is 6.03. The normalized spacial score (nSPS) is 10.7. The summed E-state index contributed by atoms with van der Waals surface area (Å²) < 4.78 is 6.27. The van der Waals surface area contributed by atoms with Gasteiger partial charge in [-0.15, -0.1) is 0 Å². The second-order valence-corrected chi connectivity index (χ2v) is 5.86. The highest BCUT2D eigenvalue weighted by Crippen LogP contribution is 2.30. The smallest absolute Gasteiger partial charge is 0.142 e. The summed E-state index contributed by atoms with van der Waals surface area (Å²) in [6.45, 7) is 4.05. The van der Waals surface area contributed by atoms with Gasteiger partial charge in [-0.2, -0.15) is 0 Å². The molecule has 0 aliphatic carbocycles. The molecule has 1 N–H and O–H groups in total. The van der Waals surface area contributed by atoms with Crippen molar-refractivity contribution in [3.63, 3.8) is 0 Å². The van der Waals surface area contributed by atoms with E-state index >= 15 is 0 Å². The number of aromatic nitrogens is 2. The first kappa shape index (κ1) is 15.1. The fraction of sp³-hybridized carbons (Fsp3) is 0.286. The van der Waals surface area contributed by atoms with Crippen LogP contribution in [0.4, 0.5) is 11.5 Å². The molecule has 0 atom stereocenters. The summed E-state index contributed by atoms with van der Waals surface area (Å²) in [5.74, 6) is 2.28. The van der Waals surface area contributed by atoms with Gasteiger partial charge in [0, 0.05) is 16.5 Å². The van der Waals surface area contributed by atoms with E-state index in [0.717, 1.165) is 15.9 Å². The van der Waals surface area contributed by atoms with Crippen LogP contribution >= 0.6 is 27.5 Å². The van der Waals surface area contributed by atoms with Crippen molar-refractivity contribution < 1.29 is 4.74 Å². The summed E-state index contributed by atoms with van der Waals surface area (Å²) in [5.41, 5.74) is 0.811. The van der Waals surface area contributed by atoms with Crippen molar-refractivity contribution in [1.29, 1.82) is 0 Å². The van der Waals surface area contributed by atoms with Crippen LogP contribution < -0.4 is 10.1 Å². The third-order valence-electron chi connectivity index (χ3n) is 2.65. The topological polar surface area (TPSA) is 47.0 Å². The predicted molar refractivity (Wildman–Crippen MR) is 85.1 cm³/mol. The van der Waals surface area contributed by atoms with Gasteiger partial charge in [0.1, 0.15) is 22.5 Å². The lowest BCUT2D eigenvalue weighted by molar-refractivity contribution is 0.416. The lowest BCUT2D eigenvalue weighted by Gasteiger charge is -2.12. The first-order valence-corrected chi connectivity index (χ1v) is 7.31. The molecule has 2 aromatic rings. The van der Waals surface area contributed by atoms with Crippen LogP contribution in [0.3, 0.4) is 0 Å². The molecule has 0 saturated carbocycles. The molecule has 0 aliphatic rings. The molecule has 0 aliphatic heterocycles. The lowest BCUT2D eigenvalue weighted by Crippen LogP contribution is -2.03. The Labute approximate surface area is 131 Å². The van der Waals surface area contributed by atoms with Gasteiger partial charge < -0.3 is 10.1 Å². The highest BCUT2D eigenvalue weighted by atomic mass is 79.9. The van der Waals surface area contributed by atoms with Crippen molar-refractivity contribution in [1.82, 2.24) is 9.97 Å². The third-order valence-corrected chi connectivity index (χ3v) is 3.34. The van der Waals surface area contributed by atoms with E-state index < -0.39 is 0 Å². The lowest BCUT2D eigenvalue weighted by atomic mass is 10.2. The van der Waals surface area contributed by atoms with Crippen LogP contribution in [-0.2, 0) is 0 Å². The molecule has 0 spiro atoms.